The van der Waals surface area contributed by atoms with Crippen LogP contribution in [0.25, 0.3) is 0 Å². The first-order chi connectivity index (χ1) is 13.6. The standard InChI is InChI=1S/C22H23N3O3/c1-24-18-14-25(13-12-15-6-4-3-5-7-15)21(26)19(18)20(23-22(24)27)16-8-10-17(28-2)11-9-16/h3-11,20H,12-14H2,1-2H3,(H,23,27)/t20-/m1/s1. The molecule has 1 N–H and O–H groups in total. The van der Waals surface area contributed by atoms with E-state index in [1.54, 1.807) is 19.1 Å². The molecule has 2 heterocycles. The van der Waals surface area contributed by atoms with Crippen LogP contribution in [-0.2, 0) is 11.2 Å². The number of likely N-dealkylation sites (N-methyl/N-ethyl adjacent to an activating group) is 1. The molecule has 0 radical (unpaired) electrons. The summed E-state index contributed by atoms with van der Waals surface area (Å²) < 4.78 is 5.21. The number of urea groups is 1. The molecular weight excluding hydrogens is 354 g/mol. The largest absolute Gasteiger partial charge is 0.497 e. The Hall–Kier alpha value is -3.28. The van der Waals surface area contributed by atoms with Crippen LogP contribution in [0.2, 0.25) is 0 Å². The number of carbonyl (C=O) groups excluding carboxylic acids is 2. The zero-order chi connectivity index (χ0) is 19.7. The van der Waals surface area contributed by atoms with E-state index in [1.807, 2.05) is 47.4 Å². The second kappa shape index (κ2) is 7.38. The van der Waals surface area contributed by atoms with Crippen LogP contribution in [0, 0.1) is 0 Å². The van der Waals surface area contributed by atoms with Gasteiger partial charge in [0.05, 0.1) is 31.0 Å². The average molecular weight is 377 g/mol. The number of hydrogen-bond acceptors (Lipinski definition) is 3. The van der Waals surface area contributed by atoms with E-state index in [-0.39, 0.29) is 11.9 Å². The van der Waals surface area contributed by atoms with Crippen molar-refractivity contribution in [2.24, 2.45) is 0 Å². The molecule has 2 aromatic rings. The SMILES string of the molecule is COc1ccc([C@H]2NC(=O)N(C)C3=C2C(=O)N(CCc2ccccc2)C3)cc1. The van der Waals surface area contributed by atoms with Crippen molar-refractivity contribution in [3.63, 3.8) is 0 Å². The predicted octanol–water partition coefficient (Wildman–Crippen LogP) is 2.73. The average Bonchev–Trinajstić information content (AvgIpc) is 3.07. The number of rotatable bonds is 5. The van der Waals surface area contributed by atoms with Crippen molar-refractivity contribution >= 4 is 11.9 Å². The van der Waals surface area contributed by atoms with Crippen LogP contribution in [0.4, 0.5) is 4.79 Å². The molecule has 0 fully saturated rings. The molecule has 6 nitrogen and oxygen atoms in total. The van der Waals surface area contributed by atoms with Crippen LogP contribution in [0.1, 0.15) is 17.2 Å². The number of hydrogen-bond donors (Lipinski definition) is 1. The molecule has 2 aliphatic rings. The van der Waals surface area contributed by atoms with Gasteiger partial charge in [-0.05, 0) is 29.7 Å². The Balaban J connectivity index is 1.58. The van der Waals surface area contributed by atoms with Gasteiger partial charge < -0.3 is 15.0 Å². The number of nitrogens with zero attached hydrogens (tertiary/aromatic N) is 2. The van der Waals surface area contributed by atoms with Gasteiger partial charge in [-0.25, -0.2) is 4.79 Å². The van der Waals surface area contributed by atoms with Crippen LogP contribution in [0.15, 0.2) is 65.9 Å². The van der Waals surface area contributed by atoms with Gasteiger partial charge in [0.2, 0.25) is 0 Å². The summed E-state index contributed by atoms with van der Waals surface area (Å²) >= 11 is 0. The number of benzene rings is 2. The number of ether oxygens (including phenoxy) is 1. The third kappa shape index (κ3) is 3.22. The molecule has 0 unspecified atom stereocenters. The monoisotopic (exact) mass is 377 g/mol. The molecule has 4 rings (SSSR count). The van der Waals surface area contributed by atoms with Gasteiger partial charge >= 0.3 is 6.03 Å². The van der Waals surface area contributed by atoms with E-state index in [0.717, 1.165) is 23.4 Å². The minimum absolute atomic E-state index is 0.0152. The second-order valence-electron chi connectivity index (χ2n) is 7.04. The second-order valence-corrected chi connectivity index (χ2v) is 7.04. The normalized spacial score (nSPS) is 19.0. The van der Waals surface area contributed by atoms with Gasteiger partial charge in [-0.2, -0.15) is 0 Å². The first kappa shape index (κ1) is 18.1. The minimum Gasteiger partial charge on any atom is -0.497 e. The highest BCUT2D eigenvalue weighted by atomic mass is 16.5. The fourth-order valence-corrected chi connectivity index (χ4v) is 3.76. The van der Waals surface area contributed by atoms with Crippen molar-refractivity contribution in [1.29, 1.82) is 0 Å². The van der Waals surface area contributed by atoms with E-state index in [2.05, 4.69) is 17.4 Å². The third-order valence-corrected chi connectivity index (χ3v) is 5.40. The van der Waals surface area contributed by atoms with Crippen molar-refractivity contribution in [2.45, 2.75) is 12.5 Å². The molecule has 2 aromatic carbocycles. The number of carbonyl (C=O) groups is 2. The van der Waals surface area contributed by atoms with Gasteiger partial charge in [0, 0.05) is 13.6 Å². The molecule has 144 valence electrons. The van der Waals surface area contributed by atoms with Gasteiger partial charge in [-0.1, -0.05) is 42.5 Å². The lowest BCUT2D eigenvalue weighted by Gasteiger charge is -2.31. The summed E-state index contributed by atoms with van der Waals surface area (Å²) in [5, 5.41) is 2.96. The van der Waals surface area contributed by atoms with Crippen LogP contribution >= 0.6 is 0 Å². The zero-order valence-electron chi connectivity index (χ0n) is 16.0. The quantitative estimate of drug-likeness (QED) is 0.872. The lowest BCUT2D eigenvalue weighted by Crippen LogP contribution is -2.45. The van der Waals surface area contributed by atoms with Gasteiger partial charge in [-0.3, -0.25) is 9.69 Å². The van der Waals surface area contributed by atoms with Crippen LogP contribution in [-0.4, -0.2) is 49.0 Å². The summed E-state index contributed by atoms with van der Waals surface area (Å²) in [4.78, 5) is 29.0. The Labute approximate surface area is 164 Å². The summed E-state index contributed by atoms with van der Waals surface area (Å²) in [7, 11) is 3.32. The summed E-state index contributed by atoms with van der Waals surface area (Å²) in [5.41, 5.74) is 3.49. The molecular formula is C22H23N3O3. The molecule has 1 atom stereocenters. The van der Waals surface area contributed by atoms with Crippen LogP contribution < -0.4 is 10.1 Å². The van der Waals surface area contributed by atoms with E-state index in [9.17, 15) is 9.59 Å². The maximum Gasteiger partial charge on any atom is 0.322 e. The summed E-state index contributed by atoms with van der Waals surface area (Å²) in [6, 6.07) is 16.9. The number of amides is 3. The molecule has 0 saturated heterocycles. The first-order valence-electron chi connectivity index (χ1n) is 9.33. The lowest BCUT2D eigenvalue weighted by molar-refractivity contribution is -0.125. The molecule has 6 heteroatoms. The zero-order valence-corrected chi connectivity index (χ0v) is 16.0. The maximum absolute atomic E-state index is 13.2. The number of nitrogens with one attached hydrogen (secondary N) is 1. The van der Waals surface area contributed by atoms with Crippen LogP contribution in [0.3, 0.4) is 0 Å². The van der Waals surface area contributed by atoms with E-state index in [1.165, 1.54) is 5.56 Å². The van der Waals surface area contributed by atoms with Crippen molar-refractivity contribution < 1.29 is 14.3 Å². The van der Waals surface area contributed by atoms with E-state index < -0.39 is 6.04 Å². The molecule has 0 spiro atoms. The highest BCUT2D eigenvalue weighted by molar-refractivity contribution is 6.01. The Kier molecular flexibility index (Phi) is 4.77. The Morgan fingerprint density at radius 3 is 2.46 bits per heavy atom. The smallest absolute Gasteiger partial charge is 0.322 e. The highest BCUT2D eigenvalue weighted by Gasteiger charge is 2.42. The van der Waals surface area contributed by atoms with E-state index >= 15 is 0 Å². The molecule has 28 heavy (non-hydrogen) atoms. The maximum atomic E-state index is 13.2. The fraction of sp³-hybridized carbons (Fsp3) is 0.273. The molecule has 0 aromatic heterocycles. The molecule has 0 saturated carbocycles. The molecule has 3 amide bonds. The molecule has 0 aliphatic carbocycles. The van der Waals surface area contributed by atoms with E-state index in [0.29, 0.717) is 18.7 Å². The fourth-order valence-electron chi connectivity index (χ4n) is 3.76. The van der Waals surface area contributed by atoms with Gasteiger partial charge in [0.25, 0.3) is 5.91 Å². The van der Waals surface area contributed by atoms with Gasteiger partial charge in [0.1, 0.15) is 5.75 Å². The predicted molar refractivity (Wildman–Crippen MR) is 106 cm³/mol. The van der Waals surface area contributed by atoms with Crippen molar-refractivity contribution in [1.82, 2.24) is 15.1 Å². The molecule has 0 bridgehead atoms. The van der Waals surface area contributed by atoms with Crippen molar-refractivity contribution in [3.05, 3.63) is 77.0 Å². The third-order valence-electron chi connectivity index (χ3n) is 5.40. The highest BCUT2D eigenvalue weighted by Crippen LogP contribution is 2.36. The van der Waals surface area contributed by atoms with Gasteiger partial charge in [-0.15, -0.1) is 0 Å². The Bertz CT molecular complexity index is 922. The minimum atomic E-state index is -0.446. The topological polar surface area (TPSA) is 61.9 Å². The Morgan fingerprint density at radius 1 is 1.07 bits per heavy atom. The van der Waals surface area contributed by atoms with Gasteiger partial charge in [0.15, 0.2) is 0 Å². The van der Waals surface area contributed by atoms with Crippen molar-refractivity contribution in [3.8, 4) is 5.75 Å². The Morgan fingerprint density at radius 2 is 1.79 bits per heavy atom. The molecule has 2 aliphatic heterocycles. The number of methoxy groups -OCH3 is 1. The van der Waals surface area contributed by atoms with Crippen LogP contribution in [0.5, 0.6) is 5.75 Å². The van der Waals surface area contributed by atoms with Crippen molar-refractivity contribution in [2.75, 3.05) is 27.2 Å². The summed E-state index contributed by atoms with van der Waals surface area (Å²) in [6.45, 7) is 1.07. The van der Waals surface area contributed by atoms with E-state index in [4.69, 9.17) is 4.74 Å². The summed E-state index contributed by atoms with van der Waals surface area (Å²) in [5.74, 6) is 0.720. The lowest BCUT2D eigenvalue weighted by atomic mass is 9.95. The first-order valence-corrected chi connectivity index (χ1v) is 9.33. The summed E-state index contributed by atoms with van der Waals surface area (Å²) in [6.07, 6.45) is 0.783.